The minimum atomic E-state index is -0.551. The van der Waals surface area contributed by atoms with E-state index in [2.05, 4.69) is 46.5 Å². The number of aryl methyl sites for hydroxylation is 2. The van der Waals surface area contributed by atoms with Crippen molar-refractivity contribution in [2.45, 2.75) is 53.0 Å². The fourth-order valence-corrected chi connectivity index (χ4v) is 6.99. The van der Waals surface area contributed by atoms with Gasteiger partial charge in [0, 0.05) is 58.2 Å². The van der Waals surface area contributed by atoms with Gasteiger partial charge in [-0.05, 0) is 63.1 Å². The molecule has 6 rings (SSSR count). The first-order valence-corrected chi connectivity index (χ1v) is 16.1. The van der Waals surface area contributed by atoms with Crippen LogP contribution in [-0.4, -0.2) is 51.4 Å². The van der Waals surface area contributed by atoms with Crippen LogP contribution in [0.4, 0.5) is 10.5 Å². The van der Waals surface area contributed by atoms with Crippen LogP contribution in [0, 0.1) is 39.5 Å². The first-order valence-electron chi connectivity index (χ1n) is 14.9. The molecule has 2 N–H and O–H groups in total. The minimum Gasteiger partial charge on any atom is -0.355 e. The normalized spacial score (nSPS) is 15.6. The van der Waals surface area contributed by atoms with Crippen molar-refractivity contribution in [2.24, 2.45) is 4.99 Å². The number of urea groups is 1. The number of benzene rings is 2. The molecule has 2 aromatic heterocycles. The molecule has 234 valence electrons. The Labute approximate surface area is 275 Å². The Morgan fingerprint density at radius 2 is 1.87 bits per heavy atom. The molecule has 2 aliphatic rings. The summed E-state index contributed by atoms with van der Waals surface area (Å²) < 4.78 is 2.03. The fourth-order valence-electron chi connectivity index (χ4n) is 5.65. The molecular weight excluding hydrogens is 622 g/mol. The third-order valence-corrected chi connectivity index (χ3v) is 9.63. The van der Waals surface area contributed by atoms with E-state index in [9.17, 15) is 14.4 Å². The Bertz CT molecular complexity index is 1970. The van der Waals surface area contributed by atoms with Gasteiger partial charge in [-0.2, -0.15) is 0 Å². The largest absolute Gasteiger partial charge is 0.355 e. The predicted octanol–water partition coefficient (Wildman–Crippen LogP) is 5.50. The lowest BCUT2D eigenvalue weighted by atomic mass is 9.99. The topological polar surface area (TPSA) is 122 Å². The summed E-state index contributed by atoms with van der Waals surface area (Å²) in [5.41, 5.74) is 6.21. The van der Waals surface area contributed by atoms with Gasteiger partial charge in [0.2, 0.25) is 11.8 Å². The molecule has 0 spiro atoms. The Morgan fingerprint density at radius 1 is 1.09 bits per heavy atom. The summed E-state index contributed by atoms with van der Waals surface area (Å²) in [7, 11) is 0. The molecule has 4 amide bonds. The molecule has 46 heavy (non-hydrogen) atoms. The van der Waals surface area contributed by atoms with Gasteiger partial charge in [-0.15, -0.1) is 21.5 Å². The quantitative estimate of drug-likeness (QED) is 0.210. The van der Waals surface area contributed by atoms with Gasteiger partial charge < -0.3 is 5.32 Å². The smallest absolute Gasteiger partial charge is 0.328 e. The van der Waals surface area contributed by atoms with Crippen molar-refractivity contribution in [1.29, 1.82) is 0 Å². The minimum absolute atomic E-state index is 0.0944. The number of halogens is 1. The average Bonchev–Trinajstić information content (AvgIpc) is 3.50. The van der Waals surface area contributed by atoms with Gasteiger partial charge in [0.1, 0.15) is 16.9 Å². The monoisotopic (exact) mass is 653 g/mol. The van der Waals surface area contributed by atoms with Crippen LogP contribution in [0.25, 0.3) is 5.00 Å². The lowest BCUT2D eigenvalue weighted by Crippen LogP contribution is -2.49. The maximum Gasteiger partial charge on any atom is 0.328 e. The van der Waals surface area contributed by atoms with Crippen LogP contribution in [0.5, 0.6) is 0 Å². The second kappa shape index (κ2) is 12.9. The van der Waals surface area contributed by atoms with Crippen LogP contribution < -0.4 is 15.5 Å². The molecule has 0 unspecified atom stereocenters. The average molecular weight is 654 g/mol. The summed E-state index contributed by atoms with van der Waals surface area (Å²) in [5, 5.41) is 15.8. The Morgan fingerprint density at radius 3 is 2.63 bits per heavy atom. The molecule has 2 aromatic carbocycles. The Hall–Kier alpha value is -4.79. The highest BCUT2D eigenvalue weighted by Gasteiger charge is 2.32. The third kappa shape index (κ3) is 6.06. The second-order valence-electron chi connectivity index (χ2n) is 11.2. The van der Waals surface area contributed by atoms with Crippen LogP contribution >= 0.6 is 22.9 Å². The summed E-state index contributed by atoms with van der Waals surface area (Å²) >= 11 is 7.87. The molecule has 0 radical (unpaired) electrons. The van der Waals surface area contributed by atoms with Crippen molar-refractivity contribution < 1.29 is 14.4 Å². The maximum atomic E-state index is 13.3. The molecular formula is C34H32ClN7O3S. The molecule has 0 bridgehead atoms. The van der Waals surface area contributed by atoms with E-state index in [-0.39, 0.29) is 24.7 Å². The Balaban J connectivity index is 1.17. The van der Waals surface area contributed by atoms with E-state index >= 15 is 0 Å². The van der Waals surface area contributed by atoms with Gasteiger partial charge in [-0.25, -0.2) is 4.79 Å². The highest BCUT2D eigenvalue weighted by molar-refractivity contribution is 7.15. The van der Waals surface area contributed by atoms with E-state index in [0.717, 1.165) is 50.0 Å². The number of imide groups is 1. The molecule has 4 aromatic rings. The van der Waals surface area contributed by atoms with Gasteiger partial charge in [0.15, 0.2) is 5.82 Å². The molecule has 10 nitrogen and oxygen atoms in total. The zero-order chi connectivity index (χ0) is 32.5. The third-order valence-electron chi connectivity index (χ3n) is 8.18. The summed E-state index contributed by atoms with van der Waals surface area (Å²) in [6, 6.07) is 12.2. The lowest BCUT2D eigenvalue weighted by molar-refractivity contribution is -0.121. The van der Waals surface area contributed by atoms with Gasteiger partial charge in [0.05, 0.1) is 12.1 Å². The van der Waals surface area contributed by atoms with E-state index in [0.29, 0.717) is 30.4 Å². The molecule has 1 fully saturated rings. The summed E-state index contributed by atoms with van der Waals surface area (Å²) in [5.74, 6) is 7.21. The second-order valence-corrected chi connectivity index (χ2v) is 12.9. The van der Waals surface area contributed by atoms with Crippen LogP contribution in [0.3, 0.4) is 0 Å². The van der Waals surface area contributed by atoms with E-state index in [4.69, 9.17) is 16.6 Å². The number of nitrogens with zero attached hydrogens (tertiary/aromatic N) is 5. The number of hydrogen-bond acceptors (Lipinski definition) is 7. The molecule has 4 heterocycles. The number of thiophene rings is 1. The highest BCUT2D eigenvalue weighted by Crippen LogP contribution is 2.39. The van der Waals surface area contributed by atoms with Crippen LogP contribution in [-0.2, 0) is 9.59 Å². The first-order chi connectivity index (χ1) is 22.1. The van der Waals surface area contributed by atoms with E-state index in [1.165, 1.54) is 4.88 Å². The zero-order valence-electron chi connectivity index (χ0n) is 25.9. The van der Waals surface area contributed by atoms with Crippen LogP contribution in [0.2, 0.25) is 5.02 Å². The maximum absolute atomic E-state index is 13.3. The number of fused-ring (bicyclic) bond motifs is 3. The number of anilines is 1. The van der Waals surface area contributed by atoms with Crippen molar-refractivity contribution >= 4 is 52.2 Å². The molecule has 2 aliphatic heterocycles. The zero-order valence-corrected chi connectivity index (χ0v) is 27.5. The number of hydrogen-bond donors (Lipinski definition) is 2. The standard InChI is InChI=1S/C34H32ClN7O3S/c1-19-21(3)46-33-30(19)31(24-11-13-25(35)14-12-24)37-26(32-40-39-22(4)42(32)33)18-29(44)36-16-6-5-8-23-9-7-10-27(20(23)2)41-17-15-28(43)38-34(41)45/h7,9-14,26H,6,15-18H2,1-4H3,(H,36,44)(H,38,43,45)/t26-/m0/s1. The van der Waals surface area contributed by atoms with Crippen molar-refractivity contribution in [3.63, 3.8) is 0 Å². The van der Waals surface area contributed by atoms with Gasteiger partial charge in [-0.3, -0.25) is 29.4 Å². The van der Waals surface area contributed by atoms with Crippen molar-refractivity contribution in [2.75, 3.05) is 18.0 Å². The van der Waals surface area contributed by atoms with E-state index in [1.54, 1.807) is 16.2 Å². The van der Waals surface area contributed by atoms with E-state index in [1.807, 2.05) is 60.9 Å². The van der Waals surface area contributed by atoms with Crippen LogP contribution in [0.1, 0.15) is 69.6 Å². The van der Waals surface area contributed by atoms with Gasteiger partial charge in [0.25, 0.3) is 0 Å². The molecule has 0 saturated carbocycles. The lowest BCUT2D eigenvalue weighted by Gasteiger charge is -2.28. The number of carbonyl (C=O) groups is 3. The van der Waals surface area contributed by atoms with Crippen molar-refractivity contribution in [1.82, 2.24) is 25.4 Å². The first kappa shape index (κ1) is 31.2. The van der Waals surface area contributed by atoms with E-state index < -0.39 is 12.1 Å². The number of aromatic nitrogens is 3. The van der Waals surface area contributed by atoms with Gasteiger partial charge in [-0.1, -0.05) is 41.6 Å². The molecule has 0 aliphatic carbocycles. The SMILES string of the molecule is Cc1sc2c(c1C)C(c1ccc(Cl)cc1)=N[C@@H](CC(=O)NCCC#Cc1cccc(N3CCC(=O)NC3=O)c1C)c1nnc(C)n1-2. The summed E-state index contributed by atoms with van der Waals surface area (Å²) in [4.78, 5) is 45.0. The number of aliphatic imine (C=N–C) groups is 1. The molecule has 1 saturated heterocycles. The molecule has 1 atom stereocenters. The summed E-state index contributed by atoms with van der Waals surface area (Å²) in [6.45, 7) is 8.68. The molecule has 12 heteroatoms. The fraction of sp³-hybridized carbons (Fsp3) is 0.294. The number of rotatable bonds is 6. The number of amides is 4. The highest BCUT2D eigenvalue weighted by atomic mass is 35.5. The summed E-state index contributed by atoms with van der Waals surface area (Å²) in [6.07, 6.45) is 0.780. The van der Waals surface area contributed by atoms with Gasteiger partial charge >= 0.3 is 6.03 Å². The van der Waals surface area contributed by atoms with Crippen LogP contribution in [0.15, 0.2) is 47.5 Å². The Kier molecular flexibility index (Phi) is 8.75. The van der Waals surface area contributed by atoms with Crippen molar-refractivity contribution in [3.05, 3.63) is 91.8 Å². The predicted molar refractivity (Wildman–Crippen MR) is 179 cm³/mol. The number of nitrogens with one attached hydrogen (secondary N) is 2. The number of carbonyl (C=O) groups excluding carboxylic acids is 3. The van der Waals surface area contributed by atoms with Crippen molar-refractivity contribution in [3.8, 4) is 16.8 Å².